The van der Waals surface area contributed by atoms with E-state index in [1.807, 2.05) is 13.1 Å². The second-order valence-electron chi connectivity index (χ2n) is 6.28. The zero-order valence-electron chi connectivity index (χ0n) is 12.2. The summed E-state index contributed by atoms with van der Waals surface area (Å²) >= 11 is 0. The zero-order valence-corrected chi connectivity index (χ0v) is 12.2. The van der Waals surface area contributed by atoms with Crippen LogP contribution in [0.5, 0.6) is 0 Å². The number of hydrogen-bond donors (Lipinski definition) is 2. The van der Waals surface area contributed by atoms with E-state index in [2.05, 4.69) is 36.4 Å². The van der Waals surface area contributed by atoms with Crippen molar-refractivity contribution in [3.8, 4) is 0 Å². The van der Waals surface area contributed by atoms with E-state index >= 15 is 0 Å². The molecular weight excluding hydrogens is 238 g/mol. The monoisotopic (exact) mass is 261 g/mol. The Balaban J connectivity index is 2.20. The standard InChI is InChI=1S/C15H23N3O/c1-15(2,3)12-7-11(8-13(16-4)18-12)14(19)17-9-10-5-6-10/h7-8,10H,5-6,9H2,1-4H3,(H,16,18)(H,17,19). The third-order valence-corrected chi connectivity index (χ3v) is 3.36. The molecule has 4 heteroatoms. The predicted octanol–water partition coefficient (Wildman–Crippen LogP) is 2.56. The molecule has 1 aliphatic rings. The van der Waals surface area contributed by atoms with Crippen molar-refractivity contribution >= 4 is 11.7 Å². The predicted molar refractivity (Wildman–Crippen MR) is 77.5 cm³/mol. The van der Waals surface area contributed by atoms with Crippen LogP contribution in [0.4, 0.5) is 5.82 Å². The second kappa shape index (κ2) is 5.19. The van der Waals surface area contributed by atoms with Gasteiger partial charge in [-0.2, -0.15) is 0 Å². The minimum Gasteiger partial charge on any atom is -0.373 e. The van der Waals surface area contributed by atoms with Crippen molar-refractivity contribution in [2.45, 2.75) is 39.0 Å². The third-order valence-electron chi connectivity index (χ3n) is 3.36. The quantitative estimate of drug-likeness (QED) is 0.876. The molecule has 0 bridgehead atoms. The average Bonchev–Trinajstić information content (AvgIpc) is 3.18. The topological polar surface area (TPSA) is 54.0 Å². The van der Waals surface area contributed by atoms with E-state index in [0.717, 1.165) is 18.1 Å². The van der Waals surface area contributed by atoms with E-state index in [-0.39, 0.29) is 11.3 Å². The third kappa shape index (κ3) is 3.69. The molecule has 1 aliphatic carbocycles. The van der Waals surface area contributed by atoms with E-state index in [0.29, 0.717) is 11.5 Å². The number of carbonyl (C=O) groups excluding carboxylic acids is 1. The Labute approximate surface area is 115 Å². The second-order valence-corrected chi connectivity index (χ2v) is 6.28. The van der Waals surface area contributed by atoms with Gasteiger partial charge < -0.3 is 10.6 Å². The summed E-state index contributed by atoms with van der Waals surface area (Å²) in [6.45, 7) is 7.09. The van der Waals surface area contributed by atoms with Crippen molar-refractivity contribution in [3.05, 3.63) is 23.4 Å². The van der Waals surface area contributed by atoms with Crippen molar-refractivity contribution in [2.24, 2.45) is 5.92 Å². The molecule has 1 fully saturated rings. The lowest BCUT2D eigenvalue weighted by Gasteiger charge is -2.19. The number of nitrogens with zero attached hydrogens (tertiary/aromatic N) is 1. The van der Waals surface area contributed by atoms with Gasteiger partial charge in [-0.15, -0.1) is 0 Å². The van der Waals surface area contributed by atoms with Gasteiger partial charge in [0.15, 0.2) is 0 Å². The Bertz CT molecular complexity index is 473. The molecule has 0 saturated heterocycles. The van der Waals surface area contributed by atoms with E-state index in [1.54, 1.807) is 6.07 Å². The Morgan fingerprint density at radius 1 is 1.37 bits per heavy atom. The van der Waals surface area contributed by atoms with Gasteiger partial charge in [0.1, 0.15) is 5.82 Å². The lowest BCUT2D eigenvalue weighted by molar-refractivity contribution is 0.0951. The Morgan fingerprint density at radius 3 is 2.58 bits per heavy atom. The smallest absolute Gasteiger partial charge is 0.251 e. The maximum Gasteiger partial charge on any atom is 0.251 e. The maximum absolute atomic E-state index is 12.2. The highest BCUT2D eigenvalue weighted by Crippen LogP contribution is 2.28. The normalized spacial score (nSPS) is 15.2. The molecule has 1 saturated carbocycles. The minimum atomic E-state index is -0.0710. The summed E-state index contributed by atoms with van der Waals surface area (Å²) in [5, 5.41) is 6.02. The zero-order chi connectivity index (χ0) is 14.0. The van der Waals surface area contributed by atoms with Crippen LogP contribution in [-0.4, -0.2) is 24.5 Å². The molecule has 0 radical (unpaired) electrons. The molecule has 1 amide bonds. The van der Waals surface area contributed by atoms with Crippen LogP contribution in [0.25, 0.3) is 0 Å². The number of rotatable bonds is 4. The molecular formula is C15H23N3O. The molecule has 2 N–H and O–H groups in total. The molecule has 0 aliphatic heterocycles. The number of anilines is 1. The summed E-state index contributed by atoms with van der Waals surface area (Å²) in [5.74, 6) is 1.43. The molecule has 1 heterocycles. The van der Waals surface area contributed by atoms with Gasteiger partial charge in [-0.3, -0.25) is 4.79 Å². The number of pyridine rings is 1. The lowest BCUT2D eigenvalue weighted by atomic mass is 9.90. The summed E-state index contributed by atoms with van der Waals surface area (Å²) in [6, 6.07) is 3.69. The number of aromatic nitrogens is 1. The van der Waals surface area contributed by atoms with Crippen molar-refractivity contribution in [2.75, 3.05) is 18.9 Å². The highest BCUT2D eigenvalue weighted by Gasteiger charge is 2.23. The molecule has 0 spiro atoms. The van der Waals surface area contributed by atoms with Crippen LogP contribution >= 0.6 is 0 Å². The van der Waals surface area contributed by atoms with Gasteiger partial charge in [0.2, 0.25) is 0 Å². The van der Waals surface area contributed by atoms with Gasteiger partial charge in [0.25, 0.3) is 5.91 Å². The van der Waals surface area contributed by atoms with Crippen LogP contribution in [0.2, 0.25) is 0 Å². The molecule has 19 heavy (non-hydrogen) atoms. The van der Waals surface area contributed by atoms with Gasteiger partial charge in [0, 0.05) is 30.3 Å². The SMILES string of the molecule is CNc1cc(C(=O)NCC2CC2)cc(C(C)(C)C)n1. The molecule has 104 valence electrons. The largest absolute Gasteiger partial charge is 0.373 e. The average molecular weight is 261 g/mol. The first-order valence-corrected chi connectivity index (χ1v) is 6.88. The summed E-state index contributed by atoms with van der Waals surface area (Å²) in [6.07, 6.45) is 2.48. The van der Waals surface area contributed by atoms with Gasteiger partial charge in [-0.25, -0.2) is 4.98 Å². The van der Waals surface area contributed by atoms with Crippen LogP contribution in [0.1, 0.15) is 49.7 Å². The van der Waals surface area contributed by atoms with Crippen molar-refractivity contribution in [1.82, 2.24) is 10.3 Å². The van der Waals surface area contributed by atoms with Crippen LogP contribution in [0.15, 0.2) is 12.1 Å². The molecule has 1 aromatic rings. The van der Waals surface area contributed by atoms with Gasteiger partial charge in [0.05, 0.1) is 0 Å². The van der Waals surface area contributed by atoms with Crippen LogP contribution < -0.4 is 10.6 Å². The van der Waals surface area contributed by atoms with E-state index in [1.165, 1.54) is 12.8 Å². The lowest BCUT2D eigenvalue weighted by Crippen LogP contribution is -2.26. The molecule has 4 nitrogen and oxygen atoms in total. The van der Waals surface area contributed by atoms with Crippen LogP contribution in [0, 0.1) is 5.92 Å². The number of carbonyl (C=O) groups is 1. The maximum atomic E-state index is 12.2. The van der Waals surface area contributed by atoms with Gasteiger partial charge in [-0.05, 0) is 30.9 Å². The van der Waals surface area contributed by atoms with Crippen LogP contribution in [0.3, 0.4) is 0 Å². The fraction of sp³-hybridized carbons (Fsp3) is 0.600. The van der Waals surface area contributed by atoms with Crippen LogP contribution in [-0.2, 0) is 5.41 Å². The molecule has 1 aromatic heterocycles. The highest BCUT2D eigenvalue weighted by atomic mass is 16.1. The minimum absolute atomic E-state index is 0.00343. The Kier molecular flexibility index (Phi) is 3.78. The number of amides is 1. The van der Waals surface area contributed by atoms with Crippen molar-refractivity contribution in [3.63, 3.8) is 0 Å². The fourth-order valence-corrected chi connectivity index (χ4v) is 1.84. The first-order chi connectivity index (χ1) is 8.90. The molecule has 0 aromatic carbocycles. The van der Waals surface area contributed by atoms with E-state index in [9.17, 15) is 4.79 Å². The molecule has 0 unspecified atom stereocenters. The molecule has 2 rings (SSSR count). The summed E-state index contributed by atoms with van der Waals surface area (Å²) in [7, 11) is 1.82. The first-order valence-electron chi connectivity index (χ1n) is 6.88. The van der Waals surface area contributed by atoms with Gasteiger partial charge in [-0.1, -0.05) is 20.8 Å². The highest BCUT2D eigenvalue weighted by molar-refractivity contribution is 5.95. The van der Waals surface area contributed by atoms with E-state index < -0.39 is 0 Å². The summed E-state index contributed by atoms with van der Waals surface area (Å²) in [5.41, 5.74) is 1.54. The first kappa shape index (κ1) is 13.8. The van der Waals surface area contributed by atoms with Crippen molar-refractivity contribution < 1.29 is 4.79 Å². The summed E-state index contributed by atoms with van der Waals surface area (Å²) < 4.78 is 0. The molecule has 0 atom stereocenters. The Morgan fingerprint density at radius 2 is 2.05 bits per heavy atom. The number of nitrogens with one attached hydrogen (secondary N) is 2. The van der Waals surface area contributed by atoms with E-state index in [4.69, 9.17) is 0 Å². The Hall–Kier alpha value is -1.58. The van der Waals surface area contributed by atoms with Gasteiger partial charge >= 0.3 is 0 Å². The fourth-order valence-electron chi connectivity index (χ4n) is 1.84. The summed E-state index contributed by atoms with van der Waals surface area (Å²) in [4.78, 5) is 16.7. The number of hydrogen-bond acceptors (Lipinski definition) is 3. The van der Waals surface area contributed by atoms with Crippen molar-refractivity contribution in [1.29, 1.82) is 0 Å².